The lowest BCUT2D eigenvalue weighted by molar-refractivity contribution is -0.141. The number of nitrogens with zero attached hydrogens (tertiary/aromatic N) is 4. The zero-order valence-corrected chi connectivity index (χ0v) is 15.2. The molecule has 2 rings (SSSR count). The van der Waals surface area contributed by atoms with Crippen LogP contribution in [-0.4, -0.2) is 32.0 Å². The number of halogens is 6. The second-order valence-electron chi connectivity index (χ2n) is 5.84. The molecule has 0 spiro atoms. The van der Waals surface area contributed by atoms with Crippen LogP contribution in [0.4, 0.5) is 22.0 Å². The van der Waals surface area contributed by atoms with Crippen LogP contribution >= 0.6 is 11.6 Å². The molecule has 0 bridgehead atoms. The van der Waals surface area contributed by atoms with Crippen LogP contribution in [-0.2, 0) is 24.1 Å². The number of alkyl halides is 5. The smallest absolute Gasteiger partial charge is 0.354 e. The predicted molar refractivity (Wildman–Crippen MR) is 86.5 cm³/mol. The Balaban J connectivity index is 1.84. The fourth-order valence-corrected chi connectivity index (χ4v) is 2.62. The third-order valence-electron chi connectivity index (χ3n) is 3.79. The van der Waals surface area contributed by atoms with Crippen molar-refractivity contribution in [3.8, 4) is 0 Å². The van der Waals surface area contributed by atoms with Crippen LogP contribution in [0.5, 0.6) is 0 Å². The first kappa shape index (κ1) is 21.1. The summed E-state index contributed by atoms with van der Waals surface area (Å²) in [4.78, 5) is 11.9. The van der Waals surface area contributed by atoms with Gasteiger partial charge in [0.25, 0.3) is 6.43 Å². The molecule has 27 heavy (non-hydrogen) atoms. The summed E-state index contributed by atoms with van der Waals surface area (Å²) in [6.45, 7) is 3.03. The van der Waals surface area contributed by atoms with E-state index < -0.39 is 34.9 Å². The van der Waals surface area contributed by atoms with E-state index in [9.17, 15) is 26.7 Å². The molecular weight excluding hydrogens is 397 g/mol. The first-order valence-corrected chi connectivity index (χ1v) is 8.27. The highest BCUT2D eigenvalue weighted by atomic mass is 35.5. The Bertz CT molecular complexity index is 814. The molecule has 0 aliphatic heterocycles. The van der Waals surface area contributed by atoms with Gasteiger partial charge in [-0.2, -0.15) is 23.4 Å². The number of hydrogen-bond donors (Lipinski definition) is 1. The van der Waals surface area contributed by atoms with Gasteiger partial charge in [-0.1, -0.05) is 11.6 Å². The number of aromatic nitrogens is 4. The molecule has 150 valence electrons. The van der Waals surface area contributed by atoms with E-state index in [-0.39, 0.29) is 25.3 Å². The molecule has 12 heteroatoms. The molecule has 0 fully saturated rings. The Morgan fingerprint density at radius 3 is 2.44 bits per heavy atom. The van der Waals surface area contributed by atoms with Gasteiger partial charge in [0.2, 0.25) is 5.91 Å². The van der Waals surface area contributed by atoms with Gasteiger partial charge in [-0.25, -0.2) is 8.78 Å². The topological polar surface area (TPSA) is 64.7 Å². The molecule has 0 radical (unpaired) electrons. The first-order valence-electron chi connectivity index (χ1n) is 7.90. The Morgan fingerprint density at radius 1 is 1.26 bits per heavy atom. The van der Waals surface area contributed by atoms with Crippen molar-refractivity contribution in [1.82, 2.24) is 24.9 Å². The number of rotatable bonds is 7. The lowest BCUT2D eigenvalue weighted by Gasteiger charge is -2.08. The Hall–Kier alpha value is -2.17. The summed E-state index contributed by atoms with van der Waals surface area (Å²) in [5.41, 5.74) is -0.953. The van der Waals surface area contributed by atoms with Gasteiger partial charge in [-0.15, -0.1) is 0 Å². The highest BCUT2D eigenvalue weighted by molar-refractivity contribution is 6.31. The van der Waals surface area contributed by atoms with Gasteiger partial charge in [-0.05, 0) is 26.3 Å². The van der Waals surface area contributed by atoms with Crippen molar-refractivity contribution >= 4 is 17.5 Å². The van der Waals surface area contributed by atoms with E-state index >= 15 is 0 Å². The minimum absolute atomic E-state index is 0.123. The number of nitrogens with one attached hydrogen (secondary N) is 1. The average molecular weight is 414 g/mol. The van der Waals surface area contributed by atoms with E-state index in [2.05, 4.69) is 15.5 Å². The minimum Gasteiger partial charge on any atom is -0.354 e. The molecular formula is C15H17ClF5N5O. The molecule has 6 nitrogen and oxygen atoms in total. The van der Waals surface area contributed by atoms with Crippen LogP contribution in [0.25, 0.3) is 0 Å². The Morgan fingerprint density at radius 2 is 1.93 bits per heavy atom. The average Bonchev–Trinajstić information content (AvgIpc) is 3.06. The standard InChI is InChI=1S/C15H17ClF5N5O/c1-8-6-10(14(17)18)23-26(8)7-11(27)22-4-3-5-25-9(2)12(16)13(24-25)15(19,20)21/h6,14H,3-5,7H2,1-2H3,(H,22,27). The second-order valence-corrected chi connectivity index (χ2v) is 6.22. The monoisotopic (exact) mass is 413 g/mol. The van der Waals surface area contributed by atoms with Crippen LogP contribution in [0.15, 0.2) is 6.07 Å². The van der Waals surface area contributed by atoms with Gasteiger partial charge in [0, 0.05) is 18.8 Å². The van der Waals surface area contributed by atoms with Gasteiger partial charge in [0.15, 0.2) is 5.69 Å². The van der Waals surface area contributed by atoms with Gasteiger partial charge >= 0.3 is 6.18 Å². The van der Waals surface area contributed by atoms with Gasteiger partial charge in [-0.3, -0.25) is 14.2 Å². The maximum Gasteiger partial charge on any atom is 0.436 e. The largest absolute Gasteiger partial charge is 0.436 e. The summed E-state index contributed by atoms with van der Waals surface area (Å²) in [5.74, 6) is -0.451. The molecule has 0 aromatic carbocycles. The van der Waals surface area contributed by atoms with Crippen LogP contribution < -0.4 is 5.32 Å². The number of carbonyl (C=O) groups excluding carboxylic acids is 1. The fraction of sp³-hybridized carbons (Fsp3) is 0.533. The molecule has 0 atom stereocenters. The van der Waals surface area contributed by atoms with E-state index in [1.807, 2.05) is 0 Å². The minimum atomic E-state index is -4.64. The van der Waals surface area contributed by atoms with Crippen molar-refractivity contribution in [2.45, 2.75) is 46.0 Å². The number of aryl methyl sites for hydroxylation is 2. The SMILES string of the molecule is Cc1cc(C(F)F)nn1CC(=O)NCCCn1nc(C(F)(F)F)c(Cl)c1C. The first-order chi connectivity index (χ1) is 12.5. The number of hydrogen-bond acceptors (Lipinski definition) is 3. The van der Waals surface area contributed by atoms with Crippen LogP contribution in [0.3, 0.4) is 0 Å². The summed E-state index contributed by atoms with van der Waals surface area (Å²) in [6.07, 6.45) is -7.05. The lowest BCUT2D eigenvalue weighted by atomic mass is 10.3. The van der Waals surface area contributed by atoms with Crippen LogP contribution in [0.1, 0.15) is 35.6 Å². The van der Waals surface area contributed by atoms with E-state index in [4.69, 9.17) is 11.6 Å². The van der Waals surface area contributed by atoms with Gasteiger partial charge in [0.1, 0.15) is 12.2 Å². The third kappa shape index (κ3) is 5.18. The van der Waals surface area contributed by atoms with Crippen molar-refractivity contribution in [1.29, 1.82) is 0 Å². The van der Waals surface area contributed by atoms with Crippen molar-refractivity contribution < 1.29 is 26.7 Å². The fourth-order valence-electron chi connectivity index (χ4n) is 2.37. The van der Waals surface area contributed by atoms with Crippen LogP contribution in [0.2, 0.25) is 5.02 Å². The van der Waals surface area contributed by atoms with Crippen molar-refractivity contribution in [3.05, 3.63) is 33.9 Å². The third-order valence-corrected chi connectivity index (χ3v) is 4.24. The summed E-state index contributed by atoms with van der Waals surface area (Å²) in [5, 5.41) is 9.21. The van der Waals surface area contributed by atoms with E-state index in [1.165, 1.54) is 13.0 Å². The highest BCUT2D eigenvalue weighted by Gasteiger charge is 2.38. The Kier molecular flexibility index (Phi) is 6.45. The molecule has 0 saturated carbocycles. The maximum atomic E-state index is 12.8. The van der Waals surface area contributed by atoms with Crippen molar-refractivity contribution in [2.75, 3.05) is 6.54 Å². The molecule has 2 heterocycles. The molecule has 2 aromatic rings. The molecule has 1 amide bonds. The van der Waals surface area contributed by atoms with E-state index in [0.29, 0.717) is 12.1 Å². The zero-order chi connectivity index (χ0) is 20.4. The predicted octanol–water partition coefficient (Wildman–Crippen LogP) is 3.51. The van der Waals surface area contributed by atoms with Gasteiger partial charge in [0.05, 0.1) is 10.7 Å². The van der Waals surface area contributed by atoms with Crippen molar-refractivity contribution in [2.24, 2.45) is 0 Å². The summed E-state index contributed by atoms with van der Waals surface area (Å²) in [6, 6.07) is 1.19. The quantitative estimate of drug-likeness (QED) is 0.558. The normalized spacial score (nSPS) is 12.0. The molecule has 0 unspecified atom stereocenters. The Labute approximate surface area is 156 Å². The summed E-state index contributed by atoms with van der Waals surface area (Å²) < 4.78 is 65.7. The second kappa shape index (κ2) is 8.24. The molecule has 0 saturated heterocycles. The summed E-state index contributed by atoms with van der Waals surface area (Å²) >= 11 is 5.65. The molecule has 1 N–H and O–H groups in total. The zero-order valence-electron chi connectivity index (χ0n) is 14.4. The molecule has 0 aliphatic rings. The van der Waals surface area contributed by atoms with E-state index in [0.717, 1.165) is 9.36 Å². The van der Waals surface area contributed by atoms with Crippen LogP contribution in [0, 0.1) is 13.8 Å². The lowest BCUT2D eigenvalue weighted by Crippen LogP contribution is -2.29. The number of carbonyl (C=O) groups is 1. The highest BCUT2D eigenvalue weighted by Crippen LogP contribution is 2.35. The number of amides is 1. The maximum absolute atomic E-state index is 12.8. The van der Waals surface area contributed by atoms with Gasteiger partial charge < -0.3 is 5.32 Å². The van der Waals surface area contributed by atoms with Crippen molar-refractivity contribution in [3.63, 3.8) is 0 Å². The molecule has 0 aliphatic carbocycles. The molecule has 2 aromatic heterocycles. The summed E-state index contributed by atoms with van der Waals surface area (Å²) in [7, 11) is 0. The van der Waals surface area contributed by atoms with E-state index in [1.54, 1.807) is 6.92 Å².